The number of amides is 1. The molecule has 2 aromatic rings. The van der Waals surface area contributed by atoms with E-state index in [1.165, 1.54) is 47.3 Å². The van der Waals surface area contributed by atoms with Crippen molar-refractivity contribution in [2.24, 2.45) is 0 Å². The summed E-state index contributed by atoms with van der Waals surface area (Å²) >= 11 is 1.50. The molecule has 1 atom stereocenters. The number of ether oxygens (including phenoxy) is 2. The molecule has 160 valence electrons. The van der Waals surface area contributed by atoms with Crippen LogP contribution in [-0.2, 0) is 35.2 Å². The zero-order valence-electron chi connectivity index (χ0n) is 17.7. The van der Waals surface area contributed by atoms with Crippen molar-refractivity contribution >= 4 is 28.2 Å². The van der Waals surface area contributed by atoms with E-state index in [0.29, 0.717) is 17.0 Å². The van der Waals surface area contributed by atoms with E-state index < -0.39 is 6.10 Å². The lowest BCUT2D eigenvalue weighted by Gasteiger charge is -2.20. The Balaban J connectivity index is 1.52. The van der Waals surface area contributed by atoms with Gasteiger partial charge < -0.3 is 14.8 Å². The number of thiophene rings is 1. The van der Waals surface area contributed by atoms with Gasteiger partial charge in [0.25, 0.3) is 5.91 Å². The van der Waals surface area contributed by atoms with Gasteiger partial charge in [-0.1, -0.05) is 13.0 Å². The van der Waals surface area contributed by atoms with Crippen LogP contribution >= 0.6 is 11.3 Å². The highest BCUT2D eigenvalue weighted by Gasteiger charge is 2.29. The number of carbonyl (C=O) groups is 2. The summed E-state index contributed by atoms with van der Waals surface area (Å²) in [6.45, 7) is 1.93. The van der Waals surface area contributed by atoms with Gasteiger partial charge in [0.05, 0.1) is 12.7 Å². The average Bonchev–Trinajstić information content (AvgIpc) is 3.14. The van der Waals surface area contributed by atoms with Crippen molar-refractivity contribution in [1.82, 2.24) is 0 Å². The largest absolute Gasteiger partial charge is 0.481 e. The summed E-state index contributed by atoms with van der Waals surface area (Å²) in [7, 11) is 1.38. The van der Waals surface area contributed by atoms with Crippen LogP contribution in [0.15, 0.2) is 18.2 Å². The van der Waals surface area contributed by atoms with Gasteiger partial charge in [-0.05, 0) is 86.6 Å². The first kappa shape index (κ1) is 20.9. The Labute approximate surface area is 181 Å². The van der Waals surface area contributed by atoms with Crippen molar-refractivity contribution in [1.29, 1.82) is 0 Å². The summed E-state index contributed by atoms with van der Waals surface area (Å²) in [5.74, 6) is 0.128. The number of methoxy groups -OCH3 is 1. The molecule has 0 unspecified atom stereocenters. The van der Waals surface area contributed by atoms with E-state index in [9.17, 15) is 9.59 Å². The molecular weight excluding hydrogens is 398 g/mol. The van der Waals surface area contributed by atoms with E-state index in [0.717, 1.165) is 49.8 Å². The average molecular weight is 428 g/mol. The monoisotopic (exact) mass is 427 g/mol. The van der Waals surface area contributed by atoms with Crippen LogP contribution in [-0.4, -0.2) is 25.1 Å². The molecule has 1 aromatic carbocycles. The molecule has 2 aliphatic rings. The van der Waals surface area contributed by atoms with Crippen molar-refractivity contribution in [2.75, 3.05) is 12.4 Å². The summed E-state index contributed by atoms with van der Waals surface area (Å²) in [5.41, 5.74) is 4.28. The number of nitrogens with one attached hydrogen (secondary N) is 1. The minimum atomic E-state index is -0.615. The molecule has 2 aliphatic carbocycles. The van der Waals surface area contributed by atoms with Crippen LogP contribution in [0.1, 0.15) is 71.0 Å². The fourth-order valence-electron chi connectivity index (χ4n) is 4.43. The van der Waals surface area contributed by atoms with Crippen LogP contribution in [0, 0.1) is 0 Å². The van der Waals surface area contributed by atoms with Crippen LogP contribution in [0.25, 0.3) is 0 Å². The van der Waals surface area contributed by atoms with Gasteiger partial charge in [-0.15, -0.1) is 11.3 Å². The zero-order valence-corrected chi connectivity index (χ0v) is 18.5. The molecule has 30 heavy (non-hydrogen) atoms. The zero-order chi connectivity index (χ0) is 21.1. The Hall–Kier alpha value is -2.34. The minimum Gasteiger partial charge on any atom is -0.481 e. The first-order chi connectivity index (χ1) is 14.6. The number of fused-ring (bicyclic) bond motifs is 2. The molecule has 0 aliphatic heterocycles. The van der Waals surface area contributed by atoms with E-state index in [-0.39, 0.29) is 11.9 Å². The molecule has 6 heteroatoms. The second-order valence-corrected chi connectivity index (χ2v) is 9.15. The molecule has 4 rings (SSSR count). The van der Waals surface area contributed by atoms with Crippen molar-refractivity contribution < 1.29 is 19.1 Å². The maximum atomic E-state index is 13.0. The first-order valence-electron chi connectivity index (χ1n) is 10.9. The number of rotatable bonds is 6. The van der Waals surface area contributed by atoms with Crippen LogP contribution in [0.4, 0.5) is 5.00 Å². The normalized spacial score (nSPS) is 16.2. The molecule has 5 nitrogen and oxygen atoms in total. The molecule has 0 spiro atoms. The number of esters is 1. The summed E-state index contributed by atoms with van der Waals surface area (Å²) in [6, 6.07) is 6.16. The quantitative estimate of drug-likeness (QED) is 0.652. The maximum absolute atomic E-state index is 13.0. The molecule has 1 heterocycles. The predicted octanol–water partition coefficient (Wildman–Crippen LogP) is 5.09. The van der Waals surface area contributed by atoms with Gasteiger partial charge in [0.2, 0.25) is 0 Å². The lowest BCUT2D eigenvalue weighted by Crippen LogP contribution is -2.32. The highest BCUT2D eigenvalue weighted by molar-refractivity contribution is 7.17. The molecule has 0 bridgehead atoms. The van der Waals surface area contributed by atoms with E-state index >= 15 is 0 Å². The lowest BCUT2D eigenvalue weighted by molar-refractivity contribution is -0.122. The Morgan fingerprint density at radius 1 is 1.07 bits per heavy atom. The molecule has 0 saturated carbocycles. The topological polar surface area (TPSA) is 64.6 Å². The Bertz CT molecular complexity index is 949. The van der Waals surface area contributed by atoms with Crippen LogP contribution in [0.3, 0.4) is 0 Å². The first-order valence-corrected chi connectivity index (χ1v) is 11.7. The summed E-state index contributed by atoms with van der Waals surface area (Å²) < 4.78 is 11.1. The number of anilines is 1. The van der Waals surface area contributed by atoms with Crippen molar-refractivity contribution in [3.05, 3.63) is 45.3 Å². The van der Waals surface area contributed by atoms with Gasteiger partial charge in [-0.3, -0.25) is 4.79 Å². The third-order valence-electron chi connectivity index (χ3n) is 6.06. The van der Waals surface area contributed by atoms with E-state index in [1.807, 2.05) is 13.0 Å². The fraction of sp³-hybridized carbons (Fsp3) is 0.500. The molecule has 0 saturated heterocycles. The highest BCUT2D eigenvalue weighted by atomic mass is 32.1. The van der Waals surface area contributed by atoms with Crippen LogP contribution < -0.4 is 10.1 Å². The van der Waals surface area contributed by atoms with Gasteiger partial charge in [0, 0.05) is 4.88 Å². The molecule has 0 radical (unpaired) electrons. The SMILES string of the molecule is CC[C@@H](Oc1ccc2c(c1)CCCC2)C(=O)Nc1sc2c(c1C(=O)OC)CCCC2. The molecule has 1 N–H and O–H groups in total. The van der Waals surface area contributed by atoms with Gasteiger partial charge >= 0.3 is 5.97 Å². The Kier molecular flexibility index (Phi) is 6.42. The summed E-state index contributed by atoms with van der Waals surface area (Å²) in [5, 5.41) is 3.56. The smallest absolute Gasteiger partial charge is 0.341 e. The van der Waals surface area contributed by atoms with Crippen LogP contribution in [0.2, 0.25) is 0 Å². The minimum absolute atomic E-state index is 0.223. The Morgan fingerprint density at radius 3 is 2.57 bits per heavy atom. The summed E-state index contributed by atoms with van der Waals surface area (Å²) in [4.78, 5) is 26.6. The second kappa shape index (κ2) is 9.21. The third-order valence-corrected chi connectivity index (χ3v) is 7.27. The third kappa shape index (κ3) is 4.24. The van der Waals surface area contributed by atoms with E-state index in [1.54, 1.807) is 0 Å². The van der Waals surface area contributed by atoms with Crippen LogP contribution in [0.5, 0.6) is 5.75 Å². The number of hydrogen-bond acceptors (Lipinski definition) is 5. The molecule has 0 fully saturated rings. The molecular formula is C24H29NO4S. The second-order valence-electron chi connectivity index (χ2n) is 8.05. The predicted molar refractivity (Wildman–Crippen MR) is 119 cm³/mol. The lowest BCUT2D eigenvalue weighted by atomic mass is 9.92. The number of hydrogen-bond donors (Lipinski definition) is 1. The van der Waals surface area contributed by atoms with Gasteiger partial charge in [-0.25, -0.2) is 4.79 Å². The van der Waals surface area contributed by atoms with Gasteiger partial charge in [0.15, 0.2) is 6.10 Å². The number of benzene rings is 1. The number of carbonyl (C=O) groups excluding carboxylic acids is 2. The fourth-order valence-corrected chi connectivity index (χ4v) is 5.71. The van der Waals surface area contributed by atoms with Gasteiger partial charge in [-0.2, -0.15) is 0 Å². The molecule has 1 amide bonds. The maximum Gasteiger partial charge on any atom is 0.341 e. The van der Waals surface area contributed by atoms with E-state index in [4.69, 9.17) is 9.47 Å². The van der Waals surface area contributed by atoms with Crippen molar-refractivity contribution in [2.45, 2.75) is 70.8 Å². The van der Waals surface area contributed by atoms with Gasteiger partial charge in [0.1, 0.15) is 10.8 Å². The Morgan fingerprint density at radius 2 is 1.80 bits per heavy atom. The molecule has 1 aromatic heterocycles. The van der Waals surface area contributed by atoms with Crippen molar-refractivity contribution in [3.8, 4) is 5.75 Å². The highest BCUT2D eigenvalue weighted by Crippen LogP contribution is 2.38. The van der Waals surface area contributed by atoms with E-state index in [2.05, 4.69) is 17.4 Å². The van der Waals surface area contributed by atoms with Crippen molar-refractivity contribution in [3.63, 3.8) is 0 Å². The number of aryl methyl sites for hydroxylation is 3. The standard InChI is InChI=1S/C24H29NO4S/c1-3-19(29-17-13-12-15-8-4-5-9-16(15)14-17)22(26)25-23-21(24(27)28-2)18-10-6-7-11-20(18)30-23/h12-14,19H,3-11H2,1-2H3,(H,25,26)/t19-/m1/s1. The summed E-state index contributed by atoms with van der Waals surface area (Å²) in [6.07, 6.45) is 8.52.